The predicted octanol–water partition coefficient (Wildman–Crippen LogP) is 4.20. The Morgan fingerprint density at radius 2 is 1.69 bits per heavy atom. The Morgan fingerprint density at radius 3 is 2.25 bits per heavy atom. The average Bonchev–Trinajstić information content (AvgIpc) is 2.74. The van der Waals surface area contributed by atoms with E-state index in [2.05, 4.69) is 5.32 Å². The van der Waals surface area contributed by atoms with Gasteiger partial charge in [0.05, 0.1) is 17.9 Å². The van der Waals surface area contributed by atoms with E-state index in [0.717, 1.165) is 17.7 Å². The second kappa shape index (κ2) is 9.72. The number of nitrogens with zero attached hydrogens (tertiary/aromatic N) is 1. The van der Waals surface area contributed by atoms with Gasteiger partial charge in [0.15, 0.2) is 0 Å². The fourth-order valence-corrected chi connectivity index (χ4v) is 6.22. The Kier molecular flexibility index (Phi) is 7.01. The zero-order chi connectivity index (χ0) is 26.4. The van der Waals surface area contributed by atoms with Crippen molar-refractivity contribution in [3.8, 4) is 5.75 Å². The maximum Gasteiger partial charge on any atom is 0.306 e. The molecule has 2 aromatic carbocycles. The van der Waals surface area contributed by atoms with Crippen molar-refractivity contribution in [2.24, 2.45) is 11.8 Å². The standard InChI is InChI=1S/C26H30F2N2O5S/c1-35-18-5-6-19-14(11-18)7-8-30(25(32)15-9-16(10-15)26(33)34)22(19)24(31)29-17-12-20(27)23(21(28)13-17)36(2,3)4/h5-6,11-13,15-16,22H,7-10H2,1-4H3,(H,29,31)(H,33,34)/t15-,16+,22-/m1/s1. The highest BCUT2D eigenvalue weighted by atomic mass is 32.3. The van der Waals surface area contributed by atoms with Crippen molar-refractivity contribution in [1.29, 1.82) is 0 Å². The highest BCUT2D eigenvalue weighted by Crippen LogP contribution is 2.48. The van der Waals surface area contributed by atoms with Crippen LogP contribution >= 0.6 is 10.0 Å². The fourth-order valence-electron chi connectivity index (χ4n) is 4.93. The molecule has 0 saturated heterocycles. The Hall–Kier alpha value is -3.14. The number of anilines is 1. The van der Waals surface area contributed by atoms with Crippen molar-refractivity contribution in [3.05, 3.63) is 53.1 Å². The van der Waals surface area contributed by atoms with Crippen LogP contribution in [0.4, 0.5) is 14.5 Å². The molecule has 2 amide bonds. The molecule has 1 atom stereocenters. The molecule has 2 N–H and O–H groups in total. The van der Waals surface area contributed by atoms with Crippen molar-refractivity contribution in [3.63, 3.8) is 0 Å². The minimum Gasteiger partial charge on any atom is -0.497 e. The molecule has 36 heavy (non-hydrogen) atoms. The van der Waals surface area contributed by atoms with Crippen molar-refractivity contribution >= 4 is 33.5 Å². The Morgan fingerprint density at radius 1 is 1.06 bits per heavy atom. The van der Waals surface area contributed by atoms with Gasteiger partial charge in [0.2, 0.25) is 5.91 Å². The molecule has 0 bridgehead atoms. The first-order valence-corrected chi connectivity index (χ1v) is 14.4. The maximum atomic E-state index is 14.8. The number of ether oxygens (including phenoxy) is 1. The summed E-state index contributed by atoms with van der Waals surface area (Å²) >= 11 is 0. The highest BCUT2D eigenvalue weighted by Gasteiger charge is 2.45. The molecule has 4 rings (SSSR count). The van der Waals surface area contributed by atoms with Gasteiger partial charge in [0.25, 0.3) is 5.91 Å². The third-order valence-corrected chi connectivity index (χ3v) is 8.44. The molecule has 1 fully saturated rings. The van der Waals surface area contributed by atoms with E-state index < -0.39 is 51.4 Å². The smallest absolute Gasteiger partial charge is 0.306 e. The average molecular weight is 521 g/mol. The second-order valence-corrected chi connectivity index (χ2v) is 14.1. The summed E-state index contributed by atoms with van der Waals surface area (Å²) in [5, 5.41) is 11.8. The van der Waals surface area contributed by atoms with Crippen LogP contribution in [0.3, 0.4) is 0 Å². The first-order valence-electron chi connectivity index (χ1n) is 11.6. The normalized spacial score (nSPS) is 21.7. The quantitative estimate of drug-likeness (QED) is 0.595. The number of carboxylic acid groups (broad SMARTS) is 1. The number of methoxy groups -OCH3 is 1. The maximum absolute atomic E-state index is 14.8. The van der Waals surface area contributed by atoms with E-state index >= 15 is 0 Å². The van der Waals surface area contributed by atoms with Crippen molar-refractivity contribution < 1.29 is 33.0 Å². The molecule has 2 aromatic rings. The van der Waals surface area contributed by atoms with Crippen LogP contribution in [0.25, 0.3) is 0 Å². The van der Waals surface area contributed by atoms with Crippen molar-refractivity contribution in [2.45, 2.75) is 30.2 Å². The van der Waals surface area contributed by atoms with Crippen LogP contribution in [0, 0.1) is 23.5 Å². The van der Waals surface area contributed by atoms with E-state index in [1.165, 1.54) is 12.0 Å². The van der Waals surface area contributed by atoms with E-state index in [1.807, 2.05) is 6.07 Å². The van der Waals surface area contributed by atoms with Crippen LogP contribution in [-0.2, 0) is 20.8 Å². The molecule has 1 saturated carbocycles. The van der Waals surface area contributed by atoms with Crippen LogP contribution in [0.15, 0.2) is 35.2 Å². The summed E-state index contributed by atoms with van der Waals surface area (Å²) in [6.45, 7) is 0.250. The molecule has 0 spiro atoms. The number of hydrogen-bond acceptors (Lipinski definition) is 4. The number of fused-ring (bicyclic) bond motifs is 1. The van der Waals surface area contributed by atoms with E-state index in [0.29, 0.717) is 17.7 Å². The molecule has 1 heterocycles. The summed E-state index contributed by atoms with van der Waals surface area (Å²) in [5.41, 5.74) is 1.39. The van der Waals surface area contributed by atoms with E-state index in [1.54, 1.807) is 30.9 Å². The molecule has 1 aliphatic carbocycles. The summed E-state index contributed by atoms with van der Waals surface area (Å²) in [7, 11) is -0.149. The number of halogens is 2. The minimum absolute atomic E-state index is 0.00498. The predicted molar refractivity (Wildman–Crippen MR) is 134 cm³/mol. The lowest BCUT2D eigenvalue weighted by molar-refractivity contribution is -0.154. The molecule has 0 aromatic heterocycles. The lowest BCUT2D eigenvalue weighted by Crippen LogP contribution is -2.50. The van der Waals surface area contributed by atoms with Gasteiger partial charge in [-0.3, -0.25) is 14.4 Å². The second-order valence-electron chi connectivity index (χ2n) is 10.0. The SMILES string of the molecule is COc1ccc2c(c1)CCN(C(=O)[C@H]1C[C@@H](C(=O)O)C1)[C@H]2C(=O)Nc1cc(F)c(S(C)(C)C)c(F)c1. The van der Waals surface area contributed by atoms with Crippen LogP contribution in [0.1, 0.15) is 30.0 Å². The largest absolute Gasteiger partial charge is 0.497 e. The van der Waals surface area contributed by atoms with Gasteiger partial charge in [-0.15, -0.1) is 0 Å². The zero-order valence-corrected chi connectivity index (χ0v) is 21.5. The van der Waals surface area contributed by atoms with Crippen molar-refractivity contribution in [1.82, 2.24) is 4.90 Å². The monoisotopic (exact) mass is 520 g/mol. The van der Waals surface area contributed by atoms with Gasteiger partial charge in [-0.25, -0.2) is 18.8 Å². The number of nitrogens with one attached hydrogen (secondary N) is 1. The first-order chi connectivity index (χ1) is 16.9. The number of rotatable bonds is 6. The summed E-state index contributed by atoms with van der Waals surface area (Å²) < 4.78 is 34.9. The van der Waals surface area contributed by atoms with Crippen molar-refractivity contribution in [2.75, 3.05) is 37.7 Å². The van der Waals surface area contributed by atoms with Gasteiger partial charge in [-0.2, -0.15) is 0 Å². The number of benzene rings is 2. The van der Waals surface area contributed by atoms with Gasteiger partial charge in [0, 0.05) is 18.2 Å². The lowest BCUT2D eigenvalue weighted by atomic mass is 9.73. The highest BCUT2D eigenvalue weighted by molar-refractivity contribution is 8.32. The number of carbonyl (C=O) groups is 3. The molecular formula is C26H30F2N2O5S. The summed E-state index contributed by atoms with van der Waals surface area (Å²) in [5.74, 6) is -3.73. The molecule has 7 nitrogen and oxygen atoms in total. The van der Waals surface area contributed by atoms with Crippen LogP contribution < -0.4 is 10.1 Å². The lowest BCUT2D eigenvalue weighted by Gasteiger charge is -2.41. The number of carboxylic acids is 1. The number of carbonyl (C=O) groups excluding carboxylic acids is 2. The van der Waals surface area contributed by atoms with Gasteiger partial charge < -0.3 is 20.1 Å². The van der Waals surface area contributed by atoms with Gasteiger partial charge in [0.1, 0.15) is 23.4 Å². The Labute approximate surface area is 210 Å². The Balaban J connectivity index is 1.65. The van der Waals surface area contributed by atoms with Crippen LogP contribution in [0.5, 0.6) is 5.75 Å². The fraction of sp³-hybridized carbons (Fsp3) is 0.423. The van der Waals surface area contributed by atoms with E-state index in [-0.39, 0.29) is 35.9 Å². The van der Waals surface area contributed by atoms with Crippen LogP contribution in [-0.4, -0.2) is 60.2 Å². The van der Waals surface area contributed by atoms with Gasteiger partial charge in [-0.1, -0.05) is 6.07 Å². The molecule has 2 aliphatic rings. The third-order valence-electron chi connectivity index (χ3n) is 6.82. The topological polar surface area (TPSA) is 95.9 Å². The van der Waals surface area contributed by atoms with Gasteiger partial charge in [-0.05, 0) is 73.4 Å². The molecule has 1 aliphatic heterocycles. The molecular weight excluding hydrogens is 490 g/mol. The number of hydrogen-bond donors (Lipinski definition) is 2. The number of aliphatic carboxylic acids is 1. The van der Waals surface area contributed by atoms with Crippen LogP contribution in [0.2, 0.25) is 0 Å². The van der Waals surface area contributed by atoms with E-state index in [9.17, 15) is 28.3 Å². The minimum atomic E-state index is -1.68. The molecule has 194 valence electrons. The summed E-state index contributed by atoms with van der Waals surface area (Å²) in [4.78, 5) is 39.5. The molecule has 0 radical (unpaired) electrons. The summed E-state index contributed by atoms with van der Waals surface area (Å²) in [6.07, 6.45) is 6.27. The third kappa shape index (κ3) is 4.91. The summed E-state index contributed by atoms with van der Waals surface area (Å²) in [6, 6.07) is 6.38. The molecule has 10 heteroatoms. The Bertz CT molecular complexity index is 1200. The number of amides is 2. The van der Waals surface area contributed by atoms with E-state index in [4.69, 9.17) is 4.74 Å². The zero-order valence-electron chi connectivity index (χ0n) is 20.6. The van der Waals surface area contributed by atoms with Gasteiger partial charge >= 0.3 is 5.97 Å². The molecule has 0 unspecified atom stereocenters. The first kappa shape index (κ1) is 25.9.